The van der Waals surface area contributed by atoms with E-state index >= 15 is 0 Å². The fourth-order valence-electron chi connectivity index (χ4n) is 1.23. The number of aryl methyl sites for hydroxylation is 1. The molecule has 0 aliphatic heterocycles. The molecule has 2 heteroatoms. The molecule has 0 bridgehead atoms. The highest BCUT2D eigenvalue weighted by molar-refractivity contribution is 5.49. The molecule has 0 saturated carbocycles. The predicted octanol–water partition coefficient (Wildman–Crippen LogP) is 2.66. The second-order valence-electron chi connectivity index (χ2n) is 3.36. The third-order valence-corrected chi connectivity index (χ3v) is 2.28. The van der Waals surface area contributed by atoms with Crippen LogP contribution < -0.4 is 4.74 Å². The van der Waals surface area contributed by atoms with E-state index in [1.54, 1.807) is 0 Å². The average molecular weight is 192 g/mol. The van der Waals surface area contributed by atoms with Crippen molar-refractivity contribution in [3.05, 3.63) is 29.3 Å². The number of hydrogen-bond acceptors (Lipinski definition) is 2. The minimum Gasteiger partial charge on any atom is -0.493 e. The van der Waals surface area contributed by atoms with Crippen molar-refractivity contribution in [2.24, 2.45) is 0 Å². The lowest BCUT2D eigenvalue weighted by Gasteiger charge is -2.09. The van der Waals surface area contributed by atoms with E-state index in [1.807, 2.05) is 19.1 Å². The molecule has 0 atom stereocenters. The Balaban J connectivity index is 2.50. The summed E-state index contributed by atoms with van der Waals surface area (Å²) in [5.41, 5.74) is 2.41. The third kappa shape index (κ3) is 2.87. The van der Waals surface area contributed by atoms with Crippen LogP contribution in [0.1, 0.15) is 24.0 Å². The van der Waals surface area contributed by atoms with Crippen LogP contribution in [0.2, 0.25) is 0 Å². The minimum atomic E-state index is 0.574. The Hall–Kier alpha value is -1.31. The van der Waals surface area contributed by atoms with Crippen LogP contribution in [0.4, 0.5) is 0 Å². The van der Waals surface area contributed by atoms with Crippen LogP contribution in [0.25, 0.3) is 0 Å². The summed E-state index contributed by atoms with van der Waals surface area (Å²) < 4.78 is 5.56. The number of hydrogen-bond donors (Lipinski definition) is 0. The molecular weight excluding hydrogens is 176 g/mol. The molecule has 0 aromatic heterocycles. The van der Waals surface area contributed by atoms with Crippen LogP contribution in [0.3, 0.4) is 0 Å². The lowest BCUT2D eigenvalue weighted by Crippen LogP contribution is -1.99. The van der Waals surface area contributed by atoms with Crippen molar-refractivity contribution in [3.63, 3.8) is 0 Å². The summed E-state index contributed by atoms with van der Waals surface area (Å²) in [4.78, 5) is 10.1. The fourth-order valence-corrected chi connectivity index (χ4v) is 1.23. The topological polar surface area (TPSA) is 26.3 Å². The zero-order valence-electron chi connectivity index (χ0n) is 8.75. The summed E-state index contributed by atoms with van der Waals surface area (Å²) in [7, 11) is 0. The van der Waals surface area contributed by atoms with Crippen LogP contribution in [-0.2, 0) is 4.79 Å². The van der Waals surface area contributed by atoms with Crippen molar-refractivity contribution in [2.75, 3.05) is 6.61 Å². The van der Waals surface area contributed by atoms with E-state index < -0.39 is 0 Å². The van der Waals surface area contributed by atoms with Gasteiger partial charge in [-0.25, -0.2) is 0 Å². The second-order valence-corrected chi connectivity index (χ2v) is 3.36. The van der Waals surface area contributed by atoms with Gasteiger partial charge in [0, 0.05) is 6.42 Å². The Labute approximate surface area is 84.9 Å². The number of rotatable bonds is 5. The Morgan fingerprint density at radius 3 is 2.86 bits per heavy atom. The number of carbonyl (C=O) groups is 1. The van der Waals surface area contributed by atoms with Gasteiger partial charge in [-0.05, 0) is 37.5 Å². The van der Waals surface area contributed by atoms with E-state index in [2.05, 4.69) is 13.0 Å². The van der Waals surface area contributed by atoms with Crippen LogP contribution in [0, 0.1) is 13.8 Å². The highest BCUT2D eigenvalue weighted by atomic mass is 16.5. The standard InChI is InChI=1S/C12H16O2/c1-10-6-5-7-12(11(10)2)14-9-4-3-8-13/h5-8H,3-4,9H2,1-2H3. The molecule has 0 spiro atoms. The number of benzene rings is 1. The quantitative estimate of drug-likeness (QED) is 0.529. The van der Waals surface area contributed by atoms with E-state index in [0.717, 1.165) is 18.5 Å². The molecule has 0 saturated heterocycles. The summed E-state index contributed by atoms with van der Waals surface area (Å²) >= 11 is 0. The van der Waals surface area contributed by atoms with Gasteiger partial charge < -0.3 is 9.53 Å². The largest absolute Gasteiger partial charge is 0.493 e. The molecule has 0 aliphatic carbocycles. The van der Waals surface area contributed by atoms with E-state index in [0.29, 0.717) is 13.0 Å². The molecule has 0 N–H and O–H groups in total. The number of carbonyl (C=O) groups excluding carboxylic acids is 1. The molecule has 0 aliphatic rings. The zero-order chi connectivity index (χ0) is 10.4. The molecule has 0 radical (unpaired) electrons. The Morgan fingerprint density at radius 2 is 2.14 bits per heavy atom. The van der Waals surface area contributed by atoms with Gasteiger partial charge in [-0.1, -0.05) is 12.1 Å². The summed E-state index contributed by atoms with van der Waals surface area (Å²) in [5.74, 6) is 0.927. The lowest BCUT2D eigenvalue weighted by atomic mass is 10.1. The molecule has 14 heavy (non-hydrogen) atoms. The number of ether oxygens (including phenoxy) is 1. The van der Waals surface area contributed by atoms with Crippen molar-refractivity contribution in [3.8, 4) is 5.75 Å². The molecule has 0 heterocycles. The average Bonchev–Trinajstić information content (AvgIpc) is 2.19. The SMILES string of the molecule is Cc1cccc(OCCCC=O)c1C. The zero-order valence-corrected chi connectivity index (χ0v) is 8.75. The van der Waals surface area contributed by atoms with Gasteiger partial charge >= 0.3 is 0 Å². The summed E-state index contributed by atoms with van der Waals surface area (Å²) in [6, 6.07) is 6.01. The van der Waals surface area contributed by atoms with Crippen LogP contribution in [0.15, 0.2) is 18.2 Å². The molecule has 0 amide bonds. The van der Waals surface area contributed by atoms with Crippen molar-refractivity contribution in [1.29, 1.82) is 0 Å². The predicted molar refractivity (Wildman–Crippen MR) is 56.7 cm³/mol. The minimum absolute atomic E-state index is 0.574. The molecule has 1 aromatic carbocycles. The highest BCUT2D eigenvalue weighted by Crippen LogP contribution is 2.20. The lowest BCUT2D eigenvalue weighted by molar-refractivity contribution is -0.108. The van der Waals surface area contributed by atoms with Gasteiger partial charge in [0.25, 0.3) is 0 Å². The van der Waals surface area contributed by atoms with Gasteiger partial charge in [-0.15, -0.1) is 0 Å². The molecule has 2 nitrogen and oxygen atoms in total. The van der Waals surface area contributed by atoms with Gasteiger partial charge in [0.05, 0.1) is 6.61 Å². The van der Waals surface area contributed by atoms with Crippen LogP contribution in [-0.4, -0.2) is 12.9 Å². The molecule has 0 fully saturated rings. The van der Waals surface area contributed by atoms with Gasteiger partial charge in [-0.3, -0.25) is 0 Å². The first-order chi connectivity index (χ1) is 6.75. The second kappa shape index (κ2) is 5.43. The van der Waals surface area contributed by atoms with Gasteiger partial charge in [0.2, 0.25) is 0 Å². The van der Waals surface area contributed by atoms with Crippen LogP contribution in [0.5, 0.6) is 5.75 Å². The molecule has 0 unspecified atom stereocenters. The van der Waals surface area contributed by atoms with Crippen molar-refractivity contribution in [1.82, 2.24) is 0 Å². The third-order valence-electron chi connectivity index (χ3n) is 2.28. The van der Waals surface area contributed by atoms with Crippen LogP contribution >= 0.6 is 0 Å². The maximum Gasteiger partial charge on any atom is 0.122 e. The molecule has 1 rings (SSSR count). The van der Waals surface area contributed by atoms with Crippen molar-refractivity contribution < 1.29 is 9.53 Å². The maximum atomic E-state index is 10.1. The van der Waals surface area contributed by atoms with Gasteiger partial charge in [-0.2, -0.15) is 0 Å². The van der Waals surface area contributed by atoms with Gasteiger partial charge in [0.15, 0.2) is 0 Å². The van der Waals surface area contributed by atoms with Crippen molar-refractivity contribution >= 4 is 6.29 Å². The van der Waals surface area contributed by atoms with E-state index in [1.165, 1.54) is 11.1 Å². The summed E-state index contributed by atoms with van der Waals surface area (Å²) in [6.07, 6.45) is 2.29. The number of aldehydes is 1. The Kier molecular flexibility index (Phi) is 4.17. The van der Waals surface area contributed by atoms with Crippen molar-refractivity contribution in [2.45, 2.75) is 26.7 Å². The smallest absolute Gasteiger partial charge is 0.122 e. The first-order valence-corrected chi connectivity index (χ1v) is 4.88. The molecular formula is C12H16O2. The maximum absolute atomic E-state index is 10.1. The Bertz CT molecular complexity index is 305. The first-order valence-electron chi connectivity index (χ1n) is 4.88. The summed E-state index contributed by atoms with van der Waals surface area (Å²) in [5, 5.41) is 0. The van der Waals surface area contributed by atoms with E-state index in [9.17, 15) is 4.79 Å². The monoisotopic (exact) mass is 192 g/mol. The molecule has 1 aromatic rings. The summed E-state index contributed by atoms with van der Waals surface area (Å²) in [6.45, 7) is 4.72. The Morgan fingerprint density at radius 1 is 1.36 bits per heavy atom. The van der Waals surface area contributed by atoms with Gasteiger partial charge in [0.1, 0.15) is 12.0 Å². The number of unbranched alkanes of at least 4 members (excludes halogenated alkanes) is 1. The normalized spacial score (nSPS) is 9.86. The van der Waals surface area contributed by atoms with E-state index in [4.69, 9.17) is 4.74 Å². The first kappa shape index (κ1) is 10.8. The van der Waals surface area contributed by atoms with E-state index in [-0.39, 0.29) is 0 Å². The fraction of sp³-hybridized carbons (Fsp3) is 0.417. The highest BCUT2D eigenvalue weighted by Gasteiger charge is 2.00. The molecule has 76 valence electrons.